The van der Waals surface area contributed by atoms with Gasteiger partial charge in [-0.25, -0.2) is 18.1 Å². The monoisotopic (exact) mass is 571 g/mol. The maximum absolute atomic E-state index is 16.1. The van der Waals surface area contributed by atoms with Gasteiger partial charge in [-0.15, -0.1) is 0 Å². The smallest absolute Gasteiger partial charge is 0.335 e. The molecule has 42 heavy (non-hydrogen) atoms. The molecule has 7 nitrogen and oxygen atoms in total. The molecule has 0 radical (unpaired) electrons. The predicted molar refractivity (Wildman–Crippen MR) is 158 cm³/mol. The van der Waals surface area contributed by atoms with E-state index < -0.39 is 34.4 Å². The van der Waals surface area contributed by atoms with Crippen LogP contribution in [0.2, 0.25) is 0 Å². The number of hydrogen-bond acceptors (Lipinski definition) is 4. The Bertz CT molecular complexity index is 2000. The lowest BCUT2D eigenvalue weighted by Crippen LogP contribution is -2.38. The van der Waals surface area contributed by atoms with E-state index in [1.165, 1.54) is 31.3 Å². The summed E-state index contributed by atoms with van der Waals surface area (Å²) in [5, 5.41) is 10.7. The van der Waals surface area contributed by atoms with Crippen molar-refractivity contribution in [3.8, 4) is 16.8 Å². The fourth-order valence-corrected chi connectivity index (χ4v) is 6.84. The molecule has 1 amide bonds. The number of nitrogens with zero attached hydrogens (tertiary/aromatic N) is 2. The summed E-state index contributed by atoms with van der Waals surface area (Å²) in [7, 11) is 1.40. The molecule has 0 saturated carbocycles. The molecule has 0 fully saturated rings. The zero-order valence-corrected chi connectivity index (χ0v) is 23.8. The minimum atomic E-state index is -0.888. The number of amides is 1. The minimum absolute atomic E-state index is 0.0155. The van der Waals surface area contributed by atoms with E-state index >= 15 is 4.39 Å². The summed E-state index contributed by atoms with van der Waals surface area (Å²) in [6, 6.07) is 10.2. The first-order chi connectivity index (χ1) is 19.8. The second-order valence-corrected chi connectivity index (χ2v) is 11.9. The second-order valence-electron chi connectivity index (χ2n) is 11.9. The Morgan fingerprint density at radius 3 is 2.48 bits per heavy atom. The SMILES string of the molecule is Cc1c(-c2c(F)cc(C(N)=O)c3c2C2=C(C3)C[C@H](C(C)(C)O)CC2)cccc1-n1c(=O)c2cccc(F)c2n(C)c1=O. The molecule has 0 aliphatic heterocycles. The van der Waals surface area contributed by atoms with Gasteiger partial charge in [-0.2, -0.15) is 0 Å². The van der Waals surface area contributed by atoms with Gasteiger partial charge in [0.05, 0.1) is 22.2 Å². The molecular formula is C33H31F2N3O4. The highest BCUT2D eigenvalue weighted by molar-refractivity contribution is 6.00. The van der Waals surface area contributed by atoms with Crippen molar-refractivity contribution in [2.45, 2.75) is 52.1 Å². The number of rotatable bonds is 4. The first-order valence-corrected chi connectivity index (χ1v) is 13.9. The third-order valence-corrected chi connectivity index (χ3v) is 9.05. The van der Waals surface area contributed by atoms with Gasteiger partial charge in [-0.3, -0.25) is 14.2 Å². The van der Waals surface area contributed by atoms with Crippen LogP contribution in [0.5, 0.6) is 0 Å². The molecule has 2 aliphatic rings. The average molecular weight is 572 g/mol. The molecule has 216 valence electrons. The highest BCUT2D eigenvalue weighted by Gasteiger charge is 2.38. The van der Waals surface area contributed by atoms with Crippen molar-refractivity contribution < 1.29 is 18.7 Å². The van der Waals surface area contributed by atoms with Crippen LogP contribution in [-0.2, 0) is 13.5 Å². The molecule has 3 N–H and O–H groups in total. The van der Waals surface area contributed by atoms with E-state index in [-0.39, 0.29) is 33.6 Å². The summed E-state index contributed by atoms with van der Waals surface area (Å²) in [5.41, 5.74) is 8.14. The van der Waals surface area contributed by atoms with E-state index in [0.717, 1.165) is 20.3 Å². The maximum atomic E-state index is 16.1. The Balaban J connectivity index is 1.61. The molecule has 0 saturated heterocycles. The summed E-state index contributed by atoms with van der Waals surface area (Å²) in [4.78, 5) is 39.4. The molecule has 1 atom stereocenters. The number of aromatic nitrogens is 2. The lowest BCUT2D eigenvalue weighted by Gasteiger charge is -2.33. The number of primary amides is 1. The van der Waals surface area contributed by atoms with Crippen LogP contribution in [-0.4, -0.2) is 25.7 Å². The largest absolute Gasteiger partial charge is 0.390 e. The number of para-hydroxylation sites is 1. The number of carbonyl (C=O) groups is 1. The number of aliphatic hydroxyl groups is 1. The molecule has 1 aromatic heterocycles. The summed E-state index contributed by atoms with van der Waals surface area (Å²) in [5.74, 6) is -2.03. The van der Waals surface area contributed by atoms with Crippen LogP contribution >= 0.6 is 0 Å². The zero-order valence-electron chi connectivity index (χ0n) is 23.8. The molecule has 0 unspecified atom stereocenters. The number of allylic oxidation sites excluding steroid dienone is 2. The number of carbonyl (C=O) groups excluding carboxylic acids is 1. The summed E-state index contributed by atoms with van der Waals surface area (Å²) >= 11 is 0. The van der Waals surface area contributed by atoms with E-state index in [0.29, 0.717) is 47.9 Å². The third kappa shape index (κ3) is 4.06. The molecule has 1 heterocycles. The third-order valence-electron chi connectivity index (χ3n) is 9.05. The van der Waals surface area contributed by atoms with Gasteiger partial charge in [0.25, 0.3) is 5.56 Å². The summed E-state index contributed by atoms with van der Waals surface area (Å²) in [6.07, 6.45) is 2.34. The fraction of sp³-hybridized carbons (Fsp3) is 0.303. The number of nitrogens with two attached hydrogens (primary N) is 1. The van der Waals surface area contributed by atoms with E-state index in [4.69, 9.17) is 5.73 Å². The Labute approximate surface area is 240 Å². The van der Waals surface area contributed by atoms with Crippen LogP contribution in [0, 0.1) is 24.5 Å². The molecule has 0 spiro atoms. The molecule has 4 aromatic rings. The van der Waals surface area contributed by atoms with Crippen molar-refractivity contribution in [2.24, 2.45) is 18.7 Å². The van der Waals surface area contributed by atoms with E-state index in [2.05, 4.69) is 0 Å². The van der Waals surface area contributed by atoms with E-state index in [1.54, 1.807) is 39.0 Å². The van der Waals surface area contributed by atoms with Crippen molar-refractivity contribution in [3.05, 3.63) is 103 Å². The topological polar surface area (TPSA) is 107 Å². The predicted octanol–water partition coefficient (Wildman–Crippen LogP) is 4.92. The Morgan fingerprint density at radius 2 is 1.79 bits per heavy atom. The highest BCUT2D eigenvalue weighted by atomic mass is 19.1. The molecule has 2 aliphatic carbocycles. The quantitative estimate of drug-likeness (QED) is 0.363. The molecule has 3 aromatic carbocycles. The van der Waals surface area contributed by atoms with Crippen molar-refractivity contribution in [2.75, 3.05) is 0 Å². The zero-order chi connectivity index (χ0) is 30.2. The lowest BCUT2D eigenvalue weighted by atomic mass is 9.75. The van der Waals surface area contributed by atoms with Gasteiger partial charge in [0.1, 0.15) is 11.6 Å². The number of benzene rings is 3. The molecular weight excluding hydrogens is 540 g/mol. The number of aryl methyl sites for hydroxylation is 1. The van der Waals surface area contributed by atoms with Crippen LogP contribution in [0.4, 0.5) is 8.78 Å². The van der Waals surface area contributed by atoms with Crippen LogP contribution in [0.25, 0.3) is 33.3 Å². The average Bonchev–Trinajstić information content (AvgIpc) is 3.30. The summed E-state index contributed by atoms with van der Waals surface area (Å²) < 4.78 is 32.8. The van der Waals surface area contributed by atoms with Gasteiger partial charge in [0.2, 0.25) is 5.91 Å². The lowest BCUT2D eigenvalue weighted by molar-refractivity contribution is 0.0123. The van der Waals surface area contributed by atoms with Crippen LogP contribution in [0.15, 0.2) is 57.6 Å². The first-order valence-electron chi connectivity index (χ1n) is 13.9. The Hall–Kier alpha value is -4.37. The molecule has 0 bridgehead atoms. The molecule has 9 heteroatoms. The Morgan fingerprint density at radius 1 is 1.07 bits per heavy atom. The van der Waals surface area contributed by atoms with E-state index in [1.807, 2.05) is 0 Å². The first kappa shape index (κ1) is 27.8. The van der Waals surface area contributed by atoms with Crippen molar-refractivity contribution in [1.29, 1.82) is 0 Å². The van der Waals surface area contributed by atoms with Gasteiger partial charge in [-0.1, -0.05) is 23.8 Å². The normalized spacial score (nSPS) is 16.6. The van der Waals surface area contributed by atoms with Crippen LogP contribution < -0.4 is 17.0 Å². The number of halogens is 2. The minimum Gasteiger partial charge on any atom is -0.390 e. The van der Waals surface area contributed by atoms with Gasteiger partial charge >= 0.3 is 5.69 Å². The fourth-order valence-electron chi connectivity index (χ4n) is 6.84. The summed E-state index contributed by atoms with van der Waals surface area (Å²) in [6.45, 7) is 5.27. The van der Waals surface area contributed by atoms with Crippen LogP contribution in [0.1, 0.15) is 60.2 Å². The van der Waals surface area contributed by atoms with Gasteiger partial charge in [0, 0.05) is 18.2 Å². The van der Waals surface area contributed by atoms with Gasteiger partial charge < -0.3 is 10.8 Å². The van der Waals surface area contributed by atoms with Crippen molar-refractivity contribution in [3.63, 3.8) is 0 Å². The number of fused-ring (bicyclic) bond motifs is 3. The van der Waals surface area contributed by atoms with Crippen LogP contribution in [0.3, 0.4) is 0 Å². The highest BCUT2D eigenvalue weighted by Crippen LogP contribution is 2.51. The van der Waals surface area contributed by atoms with E-state index in [9.17, 15) is 23.9 Å². The maximum Gasteiger partial charge on any atom is 0.335 e. The molecule has 6 rings (SSSR count). The van der Waals surface area contributed by atoms with Gasteiger partial charge in [0.15, 0.2) is 0 Å². The van der Waals surface area contributed by atoms with Crippen molar-refractivity contribution >= 4 is 22.4 Å². The standard InChI is InChI=1S/C33H31F2N3O4/c1-16-19(7-6-10-26(16)38-31(40)21-8-5-9-24(34)29(21)37(4)32(38)41)28-25(35)15-23(30(36)39)22-14-17-13-18(33(2,3)42)11-12-20(17)27(22)28/h5-10,15,18,42H,11-14H2,1-4H3,(H2,36,39)/t18-/m1/s1. The van der Waals surface area contributed by atoms with Crippen molar-refractivity contribution in [1.82, 2.24) is 9.13 Å². The number of hydrogen-bond donors (Lipinski definition) is 2. The second kappa shape index (κ2) is 9.59. The Kier molecular flexibility index (Phi) is 6.34. The van der Waals surface area contributed by atoms with Gasteiger partial charge in [-0.05, 0) is 104 Å².